The van der Waals surface area contributed by atoms with Gasteiger partial charge in [0.2, 0.25) is 5.91 Å². The molecule has 8 nitrogen and oxygen atoms in total. The first-order chi connectivity index (χ1) is 16.2. The summed E-state index contributed by atoms with van der Waals surface area (Å²) in [4.78, 5) is 51.4. The highest BCUT2D eigenvalue weighted by molar-refractivity contribution is 9.10. The zero-order chi connectivity index (χ0) is 24.6. The van der Waals surface area contributed by atoms with Crippen LogP contribution in [0.4, 0.5) is 11.4 Å². The highest BCUT2D eigenvalue weighted by Gasteiger charge is 2.48. The van der Waals surface area contributed by atoms with Crippen molar-refractivity contribution in [1.82, 2.24) is 4.90 Å². The summed E-state index contributed by atoms with van der Waals surface area (Å²) in [5.41, 5.74) is 0.960. The van der Waals surface area contributed by atoms with Gasteiger partial charge in [-0.1, -0.05) is 51.5 Å². The van der Waals surface area contributed by atoms with Crippen LogP contribution >= 0.6 is 51.5 Å². The van der Waals surface area contributed by atoms with Gasteiger partial charge in [-0.3, -0.25) is 29.4 Å². The fraction of sp³-hybridized carbons (Fsp3) is 0.0909. The molecule has 2 aromatic carbocycles. The molecule has 2 saturated heterocycles. The van der Waals surface area contributed by atoms with Crippen LogP contribution in [0.5, 0.6) is 0 Å². The number of nitro groups is 1. The Morgan fingerprint density at radius 1 is 1.15 bits per heavy atom. The number of hydrogen-bond acceptors (Lipinski definition) is 7. The van der Waals surface area contributed by atoms with Crippen LogP contribution in [0.25, 0.3) is 6.08 Å². The summed E-state index contributed by atoms with van der Waals surface area (Å²) >= 11 is 15.9. The number of benzene rings is 2. The third kappa shape index (κ3) is 4.83. The minimum absolute atomic E-state index is 0.0536. The molecule has 2 aliphatic rings. The summed E-state index contributed by atoms with van der Waals surface area (Å²) < 4.78 is 0.951. The van der Waals surface area contributed by atoms with Crippen LogP contribution in [-0.4, -0.2) is 37.9 Å². The molecule has 0 spiro atoms. The van der Waals surface area contributed by atoms with Gasteiger partial charge in [0.1, 0.15) is 10.4 Å². The lowest BCUT2D eigenvalue weighted by molar-refractivity contribution is -0.384. The van der Waals surface area contributed by atoms with Crippen molar-refractivity contribution in [3.8, 4) is 0 Å². The molecular weight excluding hydrogens is 566 g/mol. The van der Waals surface area contributed by atoms with Crippen molar-refractivity contribution < 1.29 is 19.3 Å². The van der Waals surface area contributed by atoms with Crippen molar-refractivity contribution in [3.63, 3.8) is 0 Å². The van der Waals surface area contributed by atoms with Gasteiger partial charge in [-0.15, -0.1) is 0 Å². The number of thioether (sulfide) groups is 1. The van der Waals surface area contributed by atoms with E-state index in [4.69, 9.17) is 23.8 Å². The summed E-state index contributed by atoms with van der Waals surface area (Å²) in [5, 5.41) is 11.0. The van der Waals surface area contributed by atoms with Crippen molar-refractivity contribution in [2.75, 3.05) is 4.90 Å². The van der Waals surface area contributed by atoms with Crippen molar-refractivity contribution >= 4 is 91.0 Å². The Morgan fingerprint density at radius 2 is 1.79 bits per heavy atom. The highest BCUT2D eigenvalue weighted by atomic mass is 79.9. The van der Waals surface area contributed by atoms with Crippen molar-refractivity contribution in [1.29, 1.82) is 0 Å². The van der Waals surface area contributed by atoms with Crippen LogP contribution in [0.2, 0.25) is 0 Å². The molecule has 0 aliphatic carbocycles. The van der Waals surface area contributed by atoms with Gasteiger partial charge in [0, 0.05) is 21.6 Å². The zero-order valence-corrected chi connectivity index (χ0v) is 21.0. The van der Waals surface area contributed by atoms with E-state index in [1.165, 1.54) is 36.4 Å². The standard InChI is InChI=1S/C22H13BrClN3O5S2/c23-13-3-7-15(8-4-13)25-19(28)11-17(20(25)29)26-21(30)18(34-22(26)33)10-14(24)9-12-1-5-16(6-2-12)27(31)32/h1-10,17H,11H2/b14-9+,18-10-. The first-order valence-corrected chi connectivity index (χ1v) is 12.1. The van der Waals surface area contributed by atoms with Gasteiger partial charge >= 0.3 is 0 Å². The topological polar surface area (TPSA) is 101 Å². The first kappa shape index (κ1) is 24.3. The molecule has 2 aromatic rings. The largest absolute Gasteiger partial charge is 0.280 e. The van der Waals surface area contributed by atoms with Gasteiger partial charge in [-0.2, -0.15) is 0 Å². The number of amides is 3. The van der Waals surface area contributed by atoms with Gasteiger partial charge < -0.3 is 0 Å². The maximum absolute atomic E-state index is 13.1. The smallest absolute Gasteiger partial charge is 0.269 e. The normalized spacial score (nSPS) is 20.1. The number of anilines is 1. The van der Waals surface area contributed by atoms with E-state index in [2.05, 4.69) is 15.9 Å². The van der Waals surface area contributed by atoms with E-state index in [1.807, 2.05) is 0 Å². The summed E-state index contributed by atoms with van der Waals surface area (Å²) in [7, 11) is 0. The molecule has 0 bridgehead atoms. The predicted octanol–water partition coefficient (Wildman–Crippen LogP) is 5.01. The Balaban J connectivity index is 1.53. The van der Waals surface area contributed by atoms with Gasteiger partial charge in [0.25, 0.3) is 17.5 Å². The van der Waals surface area contributed by atoms with E-state index in [0.29, 0.717) is 11.3 Å². The number of thiocarbonyl (C=S) groups is 1. The molecule has 34 heavy (non-hydrogen) atoms. The minimum Gasteiger partial charge on any atom is -0.280 e. The molecule has 2 heterocycles. The second-order valence-corrected chi connectivity index (χ2v) is 10.2. The fourth-order valence-electron chi connectivity index (χ4n) is 3.45. The number of carbonyl (C=O) groups excluding carboxylic acids is 3. The maximum Gasteiger partial charge on any atom is 0.269 e. The molecule has 3 amide bonds. The first-order valence-electron chi connectivity index (χ1n) is 9.67. The lowest BCUT2D eigenvalue weighted by atomic mass is 10.2. The molecular formula is C22H13BrClN3O5S2. The lowest BCUT2D eigenvalue weighted by Gasteiger charge is -2.21. The molecule has 0 N–H and O–H groups in total. The third-order valence-electron chi connectivity index (χ3n) is 5.02. The minimum atomic E-state index is -1.04. The zero-order valence-electron chi connectivity index (χ0n) is 17.0. The average molecular weight is 579 g/mol. The van der Waals surface area contributed by atoms with E-state index in [1.54, 1.807) is 24.3 Å². The van der Waals surface area contributed by atoms with Crippen molar-refractivity contribution in [3.05, 3.63) is 84.7 Å². The number of allylic oxidation sites excluding steroid dienone is 2. The highest BCUT2D eigenvalue weighted by Crippen LogP contribution is 2.37. The van der Waals surface area contributed by atoms with Crippen molar-refractivity contribution in [2.24, 2.45) is 0 Å². The second-order valence-electron chi connectivity index (χ2n) is 7.19. The Kier molecular flexibility index (Phi) is 6.99. The van der Waals surface area contributed by atoms with E-state index in [0.717, 1.165) is 26.0 Å². The number of imide groups is 1. The van der Waals surface area contributed by atoms with Gasteiger partial charge in [-0.25, -0.2) is 4.90 Å². The average Bonchev–Trinajstić information content (AvgIpc) is 3.22. The quantitative estimate of drug-likeness (QED) is 0.162. The molecule has 12 heteroatoms. The number of nitro benzene ring substituents is 1. The SMILES string of the molecule is O=C1CC(N2C(=O)/C(=C/C(Cl)=C\c3ccc([N+](=O)[O-])cc3)SC2=S)C(=O)N1c1ccc(Br)cc1. The lowest BCUT2D eigenvalue weighted by Crippen LogP contribution is -2.44. The summed E-state index contributed by atoms with van der Waals surface area (Å²) in [6, 6.07) is 11.4. The fourth-order valence-corrected chi connectivity index (χ4v) is 5.36. The van der Waals surface area contributed by atoms with Crippen LogP contribution in [0.15, 0.2) is 69.0 Å². The molecule has 0 saturated carbocycles. The summed E-state index contributed by atoms with van der Waals surface area (Å²) in [6.45, 7) is 0. The van der Waals surface area contributed by atoms with Crippen LogP contribution in [0.1, 0.15) is 12.0 Å². The molecule has 1 unspecified atom stereocenters. The van der Waals surface area contributed by atoms with Crippen LogP contribution in [0, 0.1) is 10.1 Å². The number of carbonyl (C=O) groups is 3. The summed E-state index contributed by atoms with van der Waals surface area (Å²) in [5.74, 6) is -1.47. The molecule has 2 aliphatic heterocycles. The second kappa shape index (κ2) is 9.79. The predicted molar refractivity (Wildman–Crippen MR) is 137 cm³/mol. The molecule has 0 radical (unpaired) electrons. The van der Waals surface area contributed by atoms with Crippen LogP contribution in [0.3, 0.4) is 0 Å². The number of hydrogen-bond donors (Lipinski definition) is 0. The van der Waals surface area contributed by atoms with Gasteiger partial charge in [0.05, 0.1) is 21.9 Å². The molecule has 0 aromatic heterocycles. The third-order valence-corrected chi connectivity index (χ3v) is 7.10. The van der Waals surface area contributed by atoms with E-state index >= 15 is 0 Å². The Hall–Kier alpha value is -2.86. The molecule has 2 fully saturated rings. The van der Waals surface area contributed by atoms with E-state index in [9.17, 15) is 24.5 Å². The maximum atomic E-state index is 13.1. The molecule has 172 valence electrons. The van der Waals surface area contributed by atoms with Crippen LogP contribution < -0.4 is 4.90 Å². The van der Waals surface area contributed by atoms with E-state index in [-0.39, 0.29) is 26.4 Å². The Morgan fingerprint density at radius 3 is 2.41 bits per heavy atom. The Labute approximate surface area is 216 Å². The molecule has 1 atom stereocenters. The number of halogens is 2. The van der Waals surface area contributed by atoms with Crippen molar-refractivity contribution in [2.45, 2.75) is 12.5 Å². The number of rotatable bonds is 5. The van der Waals surface area contributed by atoms with Gasteiger partial charge in [-0.05, 0) is 54.1 Å². The number of non-ortho nitro benzene ring substituents is 1. The summed E-state index contributed by atoms with van der Waals surface area (Å²) in [6.07, 6.45) is 2.77. The number of nitrogens with zero attached hydrogens (tertiary/aromatic N) is 3. The van der Waals surface area contributed by atoms with Crippen LogP contribution in [-0.2, 0) is 14.4 Å². The van der Waals surface area contributed by atoms with E-state index < -0.39 is 28.7 Å². The van der Waals surface area contributed by atoms with Gasteiger partial charge in [0.15, 0.2) is 0 Å². The molecule has 4 rings (SSSR count). The Bertz CT molecular complexity index is 1290. The monoisotopic (exact) mass is 577 g/mol.